The highest BCUT2D eigenvalue weighted by Gasteiger charge is 2.65. The molecule has 1 unspecified atom stereocenters. The number of hydroxylamine groups is 2. The molecular formula is C28H34F2N6O2. The third-order valence-electron chi connectivity index (χ3n) is 7.52. The lowest BCUT2D eigenvalue weighted by Gasteiger charge is -2.19. The van der Waals surface area contributed by atoms with Crippen molar-refractivity contribution in [2.45, 2.75) is 38.8 Å². The fraction of sp³-hybridized carbons (Fsp3) is 0.429. The Labute approximate surface area is 221 Å². The second-order valence-electron chi connectivity index (χ2n) is 10.4. The third-order valence-corrected chi connectivity index (χ3v) is 7.52. The van der Waals surface area contributed by atoms with Crippen LogP contribution in [0.25, 0.3) is 5.69 Å². The van der Waals surface area contributed by atoms with Crippen molar-refractivity contribution in [1.82, 2.24) is 25.1 Å². The number of hydrogen-bond acceptors (Lipinski definition) is 5. The van der Waals surface area contributed by atoms with Gasteiger partial charge in [-0.2, -0.15) is 10.2 Å². The fourth-order valence-electron chi connectivity index (χ4n) is 5.25. The normalized spacial score (nSPS) is 22.8. The summed E-state index contributed by atoms with van der Waals surface area (Å²) in [5.41, 5.74) is 2.84. The summed E-state index contributed by atoms with van der Waals surface area (Å²) in [6.45, 7) is 6.01. The maximum absolute atomic E-state index is 14.0. The number of rotatable bonds is 8. The summed E-state index contributed by atoms with van der Waals surface area (Å²) in [7, 11) is 4.03. The monoisotopic (exact) mass is 524 g/mol. The Morgan fingerprint density at radius 3 is 2.63 bits per heavy atom. The number of carbonyl (C=O) groups is 1. The first-order valence-electron chi connectivity index (χ1n) is 12.9. The van der Waals surface area contributed by atoms with E-state index in [-0.39, 0.29) is 12.1 Å². The summed E-state index contributed by atoms with van der Waals surface area (Å²) in [6.07, 6.45) is 0.948. The lowest BCUT2D eigenvalue weighted by atomic mass is 9.92. The van der Waals surface area contributed by atoms with E-state index in [4.69, 9.17) is 9.94 Å². The third kappa shape index (κ3) is 5.03. The molecule has 2 amide bonds. The van der Waals surface area contributed by atoms with E-state index in [1.54, 1.807) is 10.7 Å². The molecule has 202 valence electrons. The molecule has 10 heteroatoms. The van der Waals surface area contributed by atoms with Crippen LogP contribution in [0.5, 0.6) is 0 Å². The number of para-hydroxylation sites is 1. The Morgan fingerprint density at radius 1 is 1.18 bits per heavy atom. The molecule has 0 radical (unpaired) electrons. The van der Waals surface area contributed by atoms with E-state index in [1.807, 2.05) is 63.3 Å². The summed E-state index contributed by atoms with van der Waals surface area (Å²) in [5, 5.41) is 12.8. The van der Waals surface area contributed by atoms with Crippen LogP contribution in [-0.2, 0) is 11.3 Å². The summed E-state index contributed by atoms with van der Waals surface area (Å²) in [4.78, 5) is 21.5. The number of aromatic nitrogens is 2. The quantitative estimate of drug-likeness (QED) is 0.456. The number of likely N-dealkylation sites (N-methyl/N-ethyl adjacent to an activating group) is 1. The van der Waals surface area contributed by atoms with Gasteiger partial charge in [0.1, 0.15) is 11.9 Å². The molecule has 38 heavy (non-hydrogen) atoms. The number of nitrogens with zero attached hydrogens (tertiary/aromatic N) is 4. The first kappa shape index (κ1) is 26.3. The van der Waals surface area contributed by atoms with Gasteiger partial charge in [-0.05, 0) is 57.3 Å². The molecule has 1 aliphatic heterocycles. The second kappa shape index (κ2) is 10.4. The van der Waals surface area contributed by atoms with Crippen molar-refractivity contribution in [3.8, 4) is 5.69 Å². The van der Waals surface area contributed by atoms with E-state index >= 15 is 0 Å². The van der Waals surface area contributed by atoms with Crippen LogP contribution in [0.2, 0.25) is 0 Å². The summed E-state index contributed by atoms with van der Waals surface area (Å²) >= 11 is 0. The van der Waals surface area contributed by atoms with Crippen molar-refractivity contribution < 1.29 is 18.4 Å². The van der Waals surface area contributed by atoms with Gasteiger partial charge < -0.3 is 10.2 Å². The molecule has 2 fully saturated rings. The minimum absolute atomic E-state index is 0.182. The highest BCUT2D eigenvalue weighted by molar-refractivity contribution is 5.90. The number of nitrogens with one attached hydrogen (secondary N) is 2. The number of urea groups is 1. The van der Waals surface area contributed by atoms with E-state index < -0.39 is 23.2 Å². The molecule has 1 aliphatic carbocycles. The van der Waals surface area contributed by atoms with Crippen LogP contribution in [0.4, 0.5) is 19.4 Å². The highest BCUT2D eigenvalue weighted by Crippen LogP contribution is 2.60. The van der Waals surface area contributed by atoms with Gasteiger partial charge in [-0.15, -0.1) is 0 Å². The van der Waals surface area contributed by atoms with Crippen molar-refractivity contribution in [3.63, 3.8) is 0 Å². The Hall–Kier alpha value is -3.34. The van der Waals surface area contributed by atoms with Crippen molar-refractivity contribution in [3.05, 3.63) is 77.0 Å². The van der Waals surface area contributed by atoms with E-state index in [1.165, 1.54) is 6.07 Å². The van der Waals surface area contributed by atoms with Gasteiger partial charge in [-0.1, -0.05) is 31.2 Å². The zero-order valence-corrected chi connectivity index (χ0v) is 22.2. The van der Waals surface area contributed by atoms with Crippen LogP contribution in [0, 0.1) is 24.0 Å². The maximum Gasteiger partial charge on any atom is 0.320 e. The van der Waals surface area contributed by atoms with Gasteiger partial charge in [0.25, 0.3) is 0 Å². The molecule has 1 saturated carbocycles. The van der Waals surface area contributed by atoms with Crippen LogP contribution < -0.4 is 10.6 Å². The van der Waals surface area contributed by atoms with Crippen LogP contribution >= 0.6 is 0 Å². The Bertz CT molecular complexity index is 1310. The summed E-state index contributed by atoms with van der Waals surface area (Å²) in [5.74, 6) is -1.19. The van der Waals surface area contributed by atoms with Crippen molar-refractivity contribution in [1.29, 1.82) is 0 Å². The van der Waals surface area contributed by atoms with Crippen LogP contribution in [-0.4, -0.2) is 65.5 Å². The minimum Gasteiger partial charge on any atom is -0.334 e. The first-order valence-corrected chi connectivity index (χ1v) is 12.9. The molecule has 0 bridgehead atoms. The van der Waals surface area contributed by atoms with E-state index in [9.17, 15) is 13.6 Å². The van der Waals surface area contributed by atoms with Crippen LogP contribution in [0.1, 0.15) is 36.3 Å². The SMILES string of the molecule is CCN1C[C@@]2(C[C@@H]2NC(=O)Nc2c(C)c(CCN(C)C)nn2-c2ccccc2)C(c2ccc(F)c(F)c2)O1. The maximum atomic E-state index is 14.0. The average Bonchev–Trinajstić information content (AvgIpc) is 3.28. The Kier molecular flexibility index (Phi) is 7.21. The molecular weight excluding hydrogens is 490 g/mol. The van der Waals surface area contributed by atoms with E-state index in [2.05, 4.69) is 15.5 Å². The van der Waals surface area contributed by atoms with Gasteiger partial charge in [-0.25, -0.2) is 18.3 Å². The lowest BCUT2D eigenvalue weighted by Crippen LogP contribution is -2.36. The number of anilines is 1. The smallest absolute Gasteiger partial charge is 0.320 e. The van der Waals surface area contributed by atoms with Gasteiger partial charge in [0.2, 0.25) is 0 Å². The van der Waals surface area contributed by atoms with Crippen molar-refractivity contribution in [2.24, 2.45) is 5.41 Å². The molecule has 5 rings (SSSR count). The zero-order valence-electron chi connectivity index (χ0n) is 22.2. The Morgan fingerprint density at radius 2 is 1.95 bits per heavy atom. The number of amides is 2. The molecule has 1 saturated heterocycles. The molecule has 2 heterocycles. The van der Waals surface area contributed by atoms with Crippen LogP contribution in [0.15, 0.2) is 48.5 Å². The summed E-state index contributed by atoms with van der Waals surface area (Å²) in [6, 6.07) is 13.0. The van der Waals surface area contributed by atoms with E-state index in [0.29, 0.717) is 30.9 Å². The molecule has 2 N–H and O–H groups in total. The van der Waals surface area contributed by atoms with E-state index in [0.717, 1.165) is 36.0 Å². The molecule has 1 aromatic heterocycles. The fourth-order valence-corrected chi connectivity index (χ4v) is 5.25. The largest absolute Gasteiger partial charge is 0.334 e. The Balaban J connectivity index is 1.35. The van der Waals surface area contributed by atoms with Gasteiger partial charge >= 0.3 is 6.03 Å². The second-order valence-corrected chi connectivity index (χ2v) is 10.4. The van der Waals surface area contributed by atoms with Gasteiger partial charge in [0.15, 0.2) is 11.6 Å². The number of carbonyl (C=O) groups excluding carboxylic acids is 1. The number of halogens is 2. The molecule has 3 atom stereocenters. The minimum atomic E-state index is -0.908. The lowest BCUT2D eigenvalue weighted by molar-refractivity contribution is -0.146. The van der Waals surface area contributed by atoms with Gasteiger partial charge in [-0.3, -0.25) is 10.2 Å². The molecule has 2 aromatic carbocycles. The van der Waals surface area contributed by atoms with Gasteiger partial charge in [0.05, 0.1) is 11.4 Å². The number of hydrogen-bond donors (Lipinski definition) is 2. The zero-order chi connectivity index (χ0) is 27.0. The standard InChI is InChI=1S/C28H34F2N6O2/c1-5-35-17-28(25(38-35)19-11-12-21(29)22(30)15-19)16-24(28)31-27(37)32-26-18(2)23(13-14-34(3)4)33-36(26)20-9-7-6-8-10-20/h6-12,15,24-25H,5,13-14,16-17H2,1-4H3,(H2,31,32,37)/t24-,25?,28+/m0/s1. The van der Waals surface area contributed by atoms with Crippen molar-refractivity contribution in [2.75, 3.05) is 39.0 Å². The average molecular weight is 525 g/mol. The van der Waals surface area contributed by atoms with Crippen molar-refractivity contribution >= 4 is 11.8 Å². The topological polar surface area (TPSA) is 74.7 Å². The number of benzene rings is 2. The predicted molar refractivity (Wildman–Crippen MR) is 141 cm³/mol. The summed E-state index contributed by atoms with van der Waals surface area (Å²) < 4.78 is 29.4. The highest BCUT2D eigenvalue weighted by atomic mass is 19.2. The van der Waals surface area contributed by atoms with Gasteiger partial charge in [0, 0.05) is 43.1 Å². The molecule has 2 aliphatic rings. The van der Waals surface area contributed by atoms with Crippen LogP contribution in [0.3, 0.4) is 0 Å². The first-order chi connectivity index (χ1) is 18.2. The predicted octanol–water partition coefficient (Wildman–Crippen LogP) is 4.45. The molecule has 8 nitrogen and oxygen atoms in total. The molecule has 1 spiro atoms. The molecule has 3 aromatic rings.